The van der Waals surface area contributed by atoms with Crippen LogP contribution in [-0.4, -0.2) is 35.9 Å². The molecule has 0 aliphatic heterocycles. The number of hydrogen-bond acceptors (Lipinski definition) is 6. The zero-order chi connectivity index (χ0) is 20.8. The molecular weight excluding hydrogens is 410 g/mol. The summed E-state index contributed by atoms with van der Waals surface area (Å²) in [6.45, 7) is 0. The lowest BCUT2D eigenvalue weighted by atomic mass is 9.68. The fraction of sp³-hybridized carbons (Fsp3) is 0.348. The van der Waals surface area contributed by atoms with Gasteiger partial charge in [-0.05, 0) is 43.2 Å². The quantitative estimate of drug-likeness (QED) is 0.465. The summed E-state index contributed by atoms with van der Waals surface area (Å²) in [5, 5.41) is 4.07. The maximum Gasteiger partial charge on any atom is 0.165 e. The molecule has 2 N–H and O–H groups in total. The fourth-order valence-electron chi connectivity index (χ4n) is 5.07. The van der Waals surface area contributed by atoms with Crippen molar-refractivity contribution >= 4 is 28.6 Å². The van der Waals surface area contributed by atoms with Crippen LogP contribution in [0.4, 0.5) is 5.82 Å². The lowest BCUT2D eigenvalue weighted by Crippen LogP contribution is -2.40. The van der Waals surface area contributed by atoms with Gasteiger partial charge in [-0.25, -0.2) is 19.9 Å². The van der Waals surface area contributed by atoms with Crippen molar-refractivity contribution in [1.82, 2.24) is 29.9 Å². The van der Waals surface area contributed by atoms with Crippen LogP contribution in [0.5, 0.6) is 0 Å². The predicted octanol–water partition coefficient (Wildman–Crippen LogP) is 5.12. The summed E-state index contributed by atoms with van der Waals surface area (Å²) in [4.78, 5) is 26.1. The Morgan fingerprint density at radius 3 is 2.68 bits per heavy atom. The van der Waals surface area contributed by atoms with E-state index in [-0.39, 0.29) is 0 Å². The number of nitrogens with one attached hydrogen (secondary N) is 2. The highest BCUT2D eigenvalue weighted by atomic mass is 35.5. The van der Waals surface area contributed by atoms with Crippen LogP contribution in [0.1, 0.15) is 32.1 Å². The van der Waals surface area contributed by atoms with E-state index in [0.29, 0.717) is 28.2 Å². The van der Waals surface area contributed by atoms with Gasteiger partial charge in [0.15, 0.2) is 11.5 Å². The Hall–Kier alpha value is -3.06. The Morgan fingerprint density at radius 2 is 1.90 bits per heavy atom. The van der Waals surface area contributed by atoms with Gasteiger partial charge in [0.2, 0.25) is 0 Å². The zero-order valence-electron chi connectivity index (χ0n) is 16.9. The van der Waals surface area contributed by atoms with Gasteiger partial charge in [-0.15, -0.1) is 0 Å². The molecule has 156 valence electrons. The Kier molecular flexibility index (Phi) is 4.56. The molecule has 0 aromatic carbocycles. The molecule has 1 atom stereocenters. The minimum absolute atomic E-state index is 0.339. The molecule has 0 radical (unpaired) electrons. The first-order valence-corrected chi connectivity index (χ1v) is 11.2. The molecule has 4 heterocycles. The average Bonchev–Trinajstić information content (AvgIpc) is 3.23. The molecule has 3 saturated carbocycles. The number of anilines is 1. The third kappa shape index (κ3) is 3.53. The molecule has 7 nitrogen and oxygen atoms in total. The molecular formula is C23H22ClN7. The number of rotatable bonds is 4. The Labute approximate surface area is 184 Å². The topological polar surface area (TPSA) is 92.3 Å². The first-order valence-electron chi connectivity index (χ1n) is 10.8. The zero-order valence-corrected chi connectivity index (χ0v) is 17.7. The van der Waals surface area contributed by atoms with Gasteiger partial charge in [-0.1, -0.05) is 30.5 Å². The van der Waals surface area contributed by atoms with Gasteiger partial charge in [0.25, 0.3) is 0 Å². The lowest BCUT2D eigenvalue weighted by molar-refractivity contribution is 0.157. The molecule has 2 bridgehead atoms. The largest absolute Gasteiger partial charge is 0.367 e. The van der Waals surface area contributed by atoms with Gasteiger partial charge in [-0.3, -0.25) is 4.98 Å². The number of H-pyrrole nitrogens is 1. The highest BCUT2D eigenvalue weighted by molar-refractivity contribution is 6.29. The molecule has 31 heavy (non-hydrogen) atoms. The van der Waals surface area contributed by atoms with Crippen LogP contribution < -0.4 is 5.32 Å². The van der Waals surface area contributed by atoms with E-state index in [1.165, 1.54) is 38.3 Å². The maximum atomic E-state index is 6.11. The normalized spacial score (nSPS) is 22.7. The van der Waals surface area contributed by atoms with Gasteiger partial charge in [-0.2, -0.15) is 0 Å². The van der Waals surface area contributed by atoms with E-state index in [2.05, 4.69) is 25.3 Å². The maximum absolute atomic E-state index is 6.11. The number of aromatic amines is 1. The van der Waals surface area contributed by atoms with E-state index >= 15 is 0 Å². The highest BCUT2D eigenvalue weighted by Crippen LogP contribution is 2.42. The van der Waals surface area contributed by atoms with Crippen LogP contribution in [0.3, 0.4) is 0 Å². The van der Waals surface area contributed by atoms with Gasteiger partial charge >= 0.3 is 0 Å². The van der Waals surface area contributed by atoms with E-state index in [1.807, 2.05) is 30.5 Å². The lowest BCUT2D eigenvalue weighted by Gasteiger charge is -2.42. The third-order valence-electron chi connectivity index (χ3n) is 6.63. The van der Waals surface area contributed by atoms with Crippen molar-refractivity contribution in [3.63, 3.8) is 0 Å². The van der Waals surface area contributed by atoms with Crippen LogP contribution in [0.15, 0.2) is 42.9 Å². The van der Waals surface area contributed by atoms with Crippen molar-refractivity contribution in [1.29, 1.82) is 0 Å². The first-order chi connectivity index (χ1) is 15.2. The summed E-state index contributed by atoms with van der Waals surface area (Å²) in [5.41, 5.74) is 3.68. The molecule has 0 saturated heterocycles. The number of fused-ring (bicyclic) bond motifs is 4. The summed E-state index contributed by atoms with van der Waals surface area (Å²) in [6, 6.07) is 8.30. The highest BCUT2D eigenvalue weighted by Gasteiger charge is 2.35. The van der Waals surface area contributed by atoms with Crippen LogP contribution in [0, 0.1) is 11.8 Å². The van der Waals surface area contributed by atoms with Gasteiger partial charge in [0.1, 0.15) is 16.5 Å². The van der Waals surface area contributed by atoms with E-state index in [4.69, 9.17) is 21.6 Å². The fourth-order valence-corrected chi connectivity index (χ4v) is 5.21. The van der Waals surface area contributed by atoms with Crippen molar-refractivity contribution < 1.29 is 0 Å². The second-order valence-corrected chi connectivity index (χ2v) is 8.92. The molecule has 3 aliphatic rings. The van der Waals surface area contributed by atoms with E-state index in [1.54, 1.807) is 6.20 Å². The van der Waals surface area contributed by atoms with Gasteiger partial charge in [0.05, 0.1) is 23.1 Å². The SMILES string of the molecule is Clc1cnc2[nH]cc(-c3nc(N[C@@H]4CC5CCC4CC5)cc(-c4ccccn4)n3)c2n1. The standard InChI is InChI=1S/C23H22ClN7/c24-19-12-27-23-21(30-19)15(11-26-23)22-29-18(16-3-1-2-8-25-16)10-20(31-22)28-17-9-13-4-6-14(17)7-5-13/h1-3,8,10-14,17H,4-7,9H2,(H,26,27)(H,28,29,31)/t13?,14?,17-/m1/s1. The van der Waals surface area contributed by atoms with E-state index < -0.39 is 0 Å². The number of hydrogen-bond donors (Lipinski definition) is 2. The molecule has 4 aromatic rings. The molecule has 3 fully saturated rings. The summed E-state index contributed by atoms with van der Waals surface area (Å²) in [5.74, 6) is 2.96. The predicted molar refractivity (Wildman–Crippen MR) is 121 cm³/mol. The van der Waals surface area contributed by atoms with Crippen LogP contribution in [0.25, 0.3) is 33.9 Å². The van der Waals surface area contributed by atoms with Crippen molar-refractivity contribution in [2.45, 2.75) is 38.1 Å². The number of pyridine rings is 1. The van der Waals surface area contributed by atoms with Crippen molar-refractivity contribution in [3.05, 3.63) is 48.0 Å². The van der Waals surface area contributed by atoms with Gasteiger partial charge in [0, 0.05) is 24.5 Å². The number of nitrogens with zero attached hydrogens (tertiary/aromatic N) is 5. The van der Waals surface area contributed by atoms with Crippen molar-refractivity contribution in [2.24, 2.45) is 11.8 Å². The molecule has 4 aromatic heterocycles. The molecule has 0 spiro atoms. The Morgan fingerprint density at radius 1 is 1.00 bits per heavy atom. The summed E-state index contributed by atoms with van der Waals surface area (Å²) >= 11 is 6.11. The minimum atomic E-state index is 0.339. The molecule has 7 rings (SSSR count). The first kappa shape index (κ1) is 18.7. The molecule has 3 aliphatic carbocycles. The van der Waals surface area contributed by atoms with Crippen LogP contribution >= 0.6 is 11.6 Å². The summed E-state index contributed by atoms with van der Waals surface area (Å²) in [7, 11) is 0. The minimum Gasteiger partial charge on any atom is -0.367 e. The monoisotopic (exact) mass is 431 g/mol. The Bertz CT molecular complexity index is 1230. The smallest absolute Gasteiger partial charge is 0.165 e. The molecule has 0 unspecified atom stereocenters. The molecule has 0 amide bonds. The Balaban J connectivity index is 1.44. The summed E-state index contributed by atoms with van der Waals surface area (Å²) < 4.78 is 0. The molecule has 8 heteroatoms. The third-order valence-corrected chi connectivity index (χ3v) is 6.81. The average molecular weight is 432 g/mol. The second kappa shape index (κ2) is 7.57. The number of halogens is 1. The number of aromatic nitrogens is 6. The van der Waals surface area contributed by atoms with Crippen LogP contribution in [0.2, 0.25) is 5.15 Å². The second-order valence-electron chi connectivity index (χ2n) is 8.54. The van der Waals surface area contributed by atoms with Gasteiger partial charge < -0.3 is 10.3 Å². The van der Waals surface area contributed by atoms with Crippen LogP contribution in [-0.2, 0) is 0 Å². The van der Waals surface area contributed by atoms with E-state index in [9.17, 15) is 0 Å². The summed E-state index contributed by atoms with van der Waals surface area (Å²) in [6.07, 6.45) is 11.7. The van der Waals surface area contributed by atoms with Crippen molar-refractivity contribution in [3.8, 4) is 22.8 Å². The van der Waals surface area contributed by atoms with Crippen molar-refractivity contribution in [2.75, 3.05) is 5.32 Å². The van der Waals surface area contributed by atoms with E-state index in [0.717, 1.165) is 34.6 Å².